The van der Waals surface area contributed by atoms with E-state index >= 15 is 0 Å². The van der Waals surface area contributed by atoms with E-state index in [1.54, 1.807) is 11.3 Å². The number of aryl methyl sites for hydroxylation is 2. The molecule has 134 valence electrons. The van der Waals surface area contributed by atoms with E-state index in [1.807, 2.05) is 48.5 Å². The number of rotatable bonds is 3. The van der Waals surface area contributed by atoms with Gasteiger partial charge in [0.2, 0.25) is 0 Å². The monoisotopic (exact) mass is 372 g/mol. The quantitative estimate of drug-likeness (QED) is 0.443. The van der Waals surface area contributed by atoms with Crippen molar-refractivity contribution >= 4 is 38.2 Å². The number of amides is 1. The molecule has 0 aliphatic heterocycles. The number of benzene rings is 3. The Bertz CT molecular complexity index is 1260. The van der Waals surface area contributed by atoms with E-state index in [1.165, 1.54) is 11.1 Å². The first-order valence-corrected chi connectivity index (χ1v) is 9.68. The molecule has 3 nitrogen and oxygen atoms in total. The van der Waals surface area contributed by atoms with E-state index < -0.39 is 0 Å². The van der Waals surface area contributed by atoms with E-state index in [2.05, 4.69) is 42.1 Å². The minimum absolute atomic E-state index is 0.224. The standard InChI is InChI=1S/C23H20N2OS/c1-4-11-25-20-12-15(2)16(3)13-21(20)27-23(25)24-22(26)19-10-9-17-7-5-6-8-18(17)14-19/h4-10,12-14H,1,11H2,2-3H3. The molecular weight excluding hydrogens is 352 g/mol. The topological polar surface area (TPSA) is 34.4 Å². The average molecular weight is 372 g/mol. The van der Waals surface area contributed by atoms with Crippen LogP contribution in [0.3, 0.4) is 0 Å². The number of hydrogen-bond acceptors (Lipinski definition) is 2. The van der Waals surface area contributed by atoms with Crippen LogP contribution in [0.2, 0.25) is 0 Å². The van der Waals surface area contributed by atoms with Gasteiger partial charge in [0.1, 0.15) is 0 Å². The van der Waals surface area contributed by atoms with Crippen LogP contribution in [0.25, 0.3) is 21.0 Å². The minimum atomic E-state index is -0.224. The summed E-state index contributed by atoms with van der Waals surface area (Å²) in [6.45, 7) is 8.67. The van der Waals surface area contributed by atoms with Crippen molar-refractivity contribution in [2.75, 3.05) is 0 Å². The smallest absolute Gasteiger partial charge is 0.279 e. The molecule has 1 aromatic heterocycles. The zero-order chi connectivity index (χ0) is 19.0. The van der Waals surface area contributed by atoms with Crippen LogP contribution in [0.5, 0.6) is 0 Å². The van der Waals surface area contributed by atoms with Crippen LogP contribution < -0.4 is 4.80 Å². The highest BCUT2D eigenvalue weighted by molar-refractivity contribution is 7.16. The van der Waals surface area contributed by atoms with E-state index in [-0.39, 0.29) is 5.91 Å². The van der Waals surface area contributed by atoms with Gasteiger partial charge in [-0.05, 0) is 60.0 Å². The van der Waals surface area contributed by atoms with Crippen LogP contribution in [0.4, 0.5) is 0 Å². The molecule has 1 amide bonds. The van der Waals surface area contributed by atoms with Gasteiger partial charge in [-0.1, -0.05) is 47.7 Å². The first-order chi connectivity index (χ1) is 13.1. The molecule has 0 radical (unpaired) electrons. The number of nitrogens with zero attached hydrogens (tertiary/aromatic N) is 2. The molecule has 0 spiro atoms. The lowest BCUT2D eigenvalue weighted by Gasteiger charge is -2.04. The van der Waals surface area contributed by atoms with E-state index in [9.17, 15) is 4.79 Å². The van der Waals surface area contributed by atoms with Gasteiger partial charge in [-0.2, -0.15) is 4.99 Å². The first-order valence-electron chi connectivity index (χ1n) is 8.86. The van der Waals surface area contributed by atoms with Gasteiger partial charge in [0.15, 0.2) is 4.80 Å². The molecule has 27 heavy (non-hydrogen) atoms. The predicted octanol–water partition coefficient (Wildman–Crippen LogP) is 5.40. The Labute approximate surface area is 161 Å². The Morgan fingerprint density at radius 2 is 1.81 bits per heavy atom. The van der Waals surface area contributed by atoms with Crippen LogP contribution in [-0.2, 0) is 6.54 Å². The fourth-order valence-corrected chi connectivity index (χ4v) is 4.30. The van der Waals surface area contributed by atoms with Crippen LogP contribution in [0.15, 0.2) is 72.2 Å². The van der Waals surface area contributed by atoms with E-state index in [4.69, 9.17) is 0 Å². The summed E-state index contributed by atoms with van der Waals surface area (Å²) in [5, 5.41) is 2.16. The van der Waals surface area contributed by atoms with Gasteiger partial charge in [0.25, 0.3) is 5.91 Å². The van der Waals surface area contributed by atoms with Gasteiger partial charge >= 0.3 is 0 Å². The summed E-state index contributed by atoms with van der Waals surface area (Å²) < 4.78 is 3.18. The van der Waals surface area contributed by atoms with Crippen molar-refractivity contribution in [2.45, 2.75) is 20.4 Å². The van der Waals surface area contributed by atoms with Gasteiger partial charge in [-0.25, -0.2) is 0 Å². The third-order valence-corrected chi connectivity index (χ3v) is 5.84. The number of thiazole rings is 1. The van der Waals surface area contributed by atoms with Crippen molar-refractivity contribution in [3.63, 3.8) is 0 Å². The Balaban J connectivity index is 1.86. The molecule has 0 bridgehead atoms. The molecule has 0 aliphatic rings. The fraction of sp³-hybridized carbons (Fsp3) is 0.130. The lowest BCUT2D eigenvalue weighted by Crippen LogP contribution is -2.16. The maximum Gasteiger partial charge on any atom is 0.279 e. The second kappa shape index (κ2) is 6.97. The van der Waals surface area contributed by atoms with Crippen LogP contribution in [0, 0.1) is 13.8 Å². The maximum atomic E-state index is 12.8. The van der Waals surface area contributed by atoms with Gasteiger partial charge in [0, 0.05) is 12.1 Å². The lowest BCUT2D eigenvalue weighted by molar-refractivity contribution is 0.0998. The van der Waals surface area contributed by atoms with Crippen molar-refractivity contribution in [3.8, 4) is 0 Å². The summed E-state index contributed by atoms with van der Waals surface area (Å²) >= 11 is 1.54. The number of fused-ring (bicyclic) bond motifs is 2. The Morgan fingerprint density at radius 3 is 2.59 bits per heavy atom. The number of aromatic nitrogens is 1. The molecule has 4 aromatic rings. The minimum Gasteiger partial charge on any atom is -0.312 e. The van der Waals surface area contributed by atoms with Gasteiger partial charge in [-0.15, -0.1) is 6.58 Å². The predicted molar refractivity (Wildman–Crippen MR) is 113 cm³/mol. The van der Waals surface area contributed by atoms with Gasteiger partial charge in [0.05, 0.1) is 10.2 Å². The summed E-state index contributed by atoms with van der Waals surface area (Å²) in [5.74, 6) is -0.224. The van der Waals surface area contributed by atoms with Crippen molar-refractivity contribution in [1.29, 1.82) is 0 Å². The van der Waals surface area contributed by atoms with Crippen molar-refractivity contribution in [3.05, 3.63) is 88.7 Å². The SMILES string of the molecule is C=CCn1c(=NC(=O)c2ccc3ccccc3c2)sc2cc(C)c(C)cc21. The molecular formula is C23H20N2OS. The number of carbonyl (C=O) groups is 1. The normalized spacial score (nSPS) is 12.0. The summed E-state index contributed by atoms with van der Waals surface area (Å²) in [6.07, 6.45) is 1.83. The van der Waals surface area contributed by atoms with Gasteiger partial charge < -0.3 is 4.57 Å². The highest BCUT2D eigenvalue weighted by atomic mass is 32.1. The highest BCUT2D eigenvalue weighted by Crippen LogP contribution is 2.22. The Hall–Kier alpha value is -2.98. The van der Waals surface area contributed by atoms with Gasteiger partial charge in [-0.3, -0.25) is 4.79 Å². The summed E-state index contributed by atoms with van der Waals surface area (Å²) in [4.78, 5) is 18.0. The average Bonchev–Trinajstić information content (AvgIpc) is 2.98. The van der Waals surface area contributed by atoms with Crippen LogP contribution in [0.1, 0.15) is 21.5 Å². The summed E-state index contributed by atoms with van der Waals surface area (Å²) in [6, 6.07) is 18.0. The Kier molecular flexibility index (Phi) is 4.50. The molecule has 0 N–H and O–H groups in total. The molecule has 0 fully saturated rings. The molecule has 1 heterocycles. The Morgan fingerprint density at radius 1 is 1.07 bits per heavy atom. The molecule has 0 atom stereocenters. The number of allylic oxidation sites excluding steroid dienone is 1. The summed E-state index contributed by atoms with van der Waals surface area (Å²) in [5.41, 5.74) is 4.16. The molecule has 4 rings (SSSR count). The van der Waals surface area contributed by atoms with Crippen LogP contribution >= 0.6 is 11.3 Å². The zero-order valence-corrected chi connectivity index (χ0v) is 16.2. The second-order valence-corrected chi connectivity index (χ2v) is 7.68. The van der Waals surface area contributed by atoms with E-state index in [0.29, 0.717) is 16.9 Å². The summed E-state index contributed by atoms with van der Waals surface area (Å²) in [7, 11) is 0. The molecule has 0 saturated heterocycles. The molecule has 3 aromatic carbocycles. The zero-order valence-electron chi connectivity index (χ0n) is 15.4. The first kappa shape index (κ1) is 17.4. The second-order valence-electron chi connectivity index (χ2n) is 6.67. The number of hydrogen-bond donors (Lipinski definition) is 0. The van der Waals surface area contributed by atoms with E-state index in [0.717, 1.165) is 21.0 Å². The van der Waals surface area contributed by atoms with Crippen molar-refractivity contribution < 1.29 is 4.79 Å². The largest absolute Gasteiger partial charge is 0.312 e. The molecule has 0 unspecified atom stereocenters. The molecule has 4 heteroatoms. The van der Waals surface area contributed by atoms with Crippen molar-refractivity contribution in [1.82, 2.24) is 4.57 Å². The molecule has 0 aliphatic carbocycles. The number of carbonyl (C=O) groups excluding carboxylic acids is 1. The van der Waals surface area contributed by atoms with Crippen molar-refractivity contribution in [2.24, 2.45) is 4.99 Å². The molecule has 0 saturated carbocycles. The third-order valence-electron chi connectivity index (χ3n) is 4.80. The highest BCUT2D eigenvalue weighted by Gasteiger charge is 2.10. The maximum absolute atomic E-state index is 12.8. The fourth-order valence-electron chi connectivity index (χ4n) is 3.19. The van der Waals surface area contributed by atoms with Crippen LogP contribution in [-0.4, -0.2) is 10.5 Å². The lowest BCUT2D eigenvalue weighted by atomic mass is 10.1. The third kappa shape index (κ3) is 3.24.